The largest absolute Gasteiger partial charge is 0.481 e. The summed E-state index contributed by atoms with van der Waals surface area (Å²) in [5.74, 6) is -0.441. The molecule has 1 unspecified atom stereocenters. The first kappa shape index (κ1) is 16.9. The molecule has 0 bridgehead atoms. The summed E-state index contributed by atoms with van der Waals surface area (Å²) in [5.41, 5.74) is -0.998. The van der Waals surface area contributed by atoms with Gasteiger partial charge in [-0.2, -0.15) is 0 Å². The Labute approximate surface area is 110 Å². The Hall–Kier alpha value is -1.06. The molecule has 0 aromatic rings. The number of carbonyl (C=O) groups excluding carboxylic acids is 1. The van der Waals surface area contributed by atoms with E-state index in [9.17, 15) is 9.59 Å². The summed E-state index contributed by atoms with van der Waals surface area (Å²) in [5, 5.41) is 11.8. The molecule has 0 saturated heterocycles. The van der Waals surface area contributed by atoms with Gasteiger partial charge in [0.25, 0.3) is 0 Å². The summed E-state index contributed by atoms with van der Waals surface area (Å²) >= 11 is 0. The Bertz CT molecular complexity index is 285. The van der Waals surface area contributed by atoms with Crippen molar-refractivity contribution < 1.29 is 14.7 Å². The van der Waals surface area contributed by atoms with Gasteiger partial charge in [-0.1, -0.05) is 26.7 Å². The minimum absolute atomic E-state index is 0.0247. The number of hydrogen-bond acceptors (Lipinski definition) is 2. The molecule has 0 aromatic heterocycles. The van der Waals surface area contributed by atoms with Gasteiger partial charge in [-0.25, -0.2) is 0 Å². The highest BCUT2D eigenvalue weighted by Gasteiger charge is 2.30. The van der Waals surface area contributed by atoms with Gasteiger partial charge in [0, 0.05) is 12.5 Å². The van der Waals surface area contributed by atoms with Crippen LogP contribution in [0.25, 0.3) is 0 Å². The van der Waals surface area contributed by atoms with E-state index in [0.29, 0.717) is 5.92 Å². The smallest absolute Gasteiger partial charge is 0.309 e. The lowest BCUT2D eigenvalue weighted by atomic mass is 9.89. The van der Waals surface area contributed by atoms with E-state index in [-0.39, 0.29) is 18.4 Å². The molecule has 0 fully saturated rings. The molecular weight excluding hydrogens is 230 g/mol. The number of hydrogen-bond donors (Lipinski definition) is 2. The first-order valence-corrected chi connectivity index (χ1v) is 6.68. The van der Waals surface area contributed by atoms with E-state index in [4.69, 9.17) is 5.11 Å². The van der Waals surface area contributed by atoms with E-state index in [0.717, 1.165) is 19.3 Å². The highest BCUT2D eigenvalue weighted by atomic mass is 16.4. The van der Waals surface area contributed by atoms with Crippen LogP contribution in [0.3, 0.4) is 0 Å². The number of carbonyl (C=O) groups is 2. The molecule has 0 spiro atoms. The molecule has 0 aliphatic rings. The number of carboxylic acid groups (broad SMARTS) is 1. The number of rotatable bonds is 8. The topological polar surface area (TPSA) is 66.4 Å². The van der Waals surface area contributed by atoms with Gasteiger partial charge in [0.05, 0.1) is 5.41 Å². The Kier molecular flexibility index (Phi) is 6.96. The lowest BCUT2D eigenvalue weighted by Gasteiger charge is -2.20. The molecule has 106 valence electrons. The first-order valence-electron chi connectivity index (χ1n) is 6.68. The van der Waals surface area contributed by atoms with Gasteiger partial charge in [-0.05, 0) is 33.1 Å². The third-order valence-electron chi connectivity index (χ3n) is 3.01. The maximum atomic E-state index is 11.7. The zero-order valence-corrected chi connectivity index (χ0v) is 12.2. The van der Waals surface area contributed by atoms with Gasteiger partial charge in [0.15, 0.2) is 0 Å². The van der Waals surface area contributed by atoms with Crippen LogP contribution in [0.15, 0.2) is 0 Å². The predicted molar refractivity (Wildman–Crippen MR) is 72.3 cm³/mol. The molecule has 4 heteroatoms. The Morgan fingerprint density at radius 3 is 2.17 bits per heavy atom. The number of amides is 1. The summed E-state index contributed by atoms with van der Waals surface area (Å²) in [6.45, 7) is 9.46. The van der Waals surface area contributed by atoms with Gasteiger partial charge < -0.3 is 10.4 Å². The number of aliphatic carboxylic acids is 1. The van der Waals surface area contributed by atoms with Crippen molar-refractivity contribution in [2.75, 3.05) is 0 Å². The van der Waals surface area contributed by atoms with E-state index in [1.165, 1.54) is 0 Å². The SMILES string of the molecule is CC(C)CCCC(C)NC(=O)CC(C)(C)C(=O)O. The zero-order chi connectivity index (χ0) is 14.3. The van der Waals surface area contributed by atoms with Crippen LogP contribution in [-0.2, 0) is 9.59 Å². The Morgan fingerprint density at radius 2 is 1.72 bits per heavy atom. The summed E-state index contributed by atoms with van der Waals surface area (Å²) in [4.78, 5) is 22.6. The molecule has 0 rings (SSSR count). The molecule has 1 atom stereocenters. The molecule has 0 aliphatic carbocycles. The van der Waals surface area contributed by atoms with Crippen molar-refractivity contribution in [3.05, 3.63) is 0 Å². The van der Waals surface area contributed by atoms with Crippen molar-refractivity contribution in [2.24, 2.45) is 11.3 Å². The molecule has 0 aromatic carbocycles. The van der Waals surface area contributed by atoms with Crippen molar-refractivity contribution in [1.29, 1.82) is 0 Å². The van der Waals surface area contributed by atoms with E-state index in [1.54, 1.807) is 13.8 Å². The summed E-state index contributed by atoms with van der Waals surface area (Å²) in [7, 11) is 0. The molecule has 0 radical (unpaired) electrons. The van der Waals surface area contributed by atoms with Crippen molar-refractivity contribution in [2.45, 2.75) is 66.3 Å². The van der Waals surface area contributed by atoms with Crippen LogP contribution in [0.4, 0.5) is 0 Å². The summed E-state index contributed by atoms with van der Waals surface area (Å²) < 4.78 is 0. The van der Waals surface area contributed by atoms with Crippen LogP contribution >= 0.6 is 0 Å². The third-order valence-corrected chi connectivity index (χ3v) is 3.01. The van der Waals surface area contributed by atoms with Crippen LogP contribution in [0.5, 0.6) is 0 Å². The van der Waals surface area contributed by atoms with Gasteiger partial charge in [0.1, 0.15) is 0 Å². The summed E-state index contributed by atoms with van der Waals surface area (Å²) in [6, 6.07) is 0.112. The van der Waals surface area contributed by atoms with Crippen LogP contribution in [0, 0.1) is 11.3 Å². The highest BCUT2D eigenvalue weighted by molar-refractivity contribution is 5.84. The van der Waals surface area contributed by atoms with E-state index in [2.05, 4.69) is 19.2 Å². The molecule has 4 nitrogen and oxygen atoms in total. The molecule has 0 aliphatic heterocycles. The molecule has 2 N–H and O–H groups in total. The fraction of sp³-hybridized carbons (Fsp3) is 0.857. The minimum Gasteiger partial charge on any atom is -0.481 e. The third kappa shape index (κ3) is 7.30. The Morgan fingerprint density at radius 1 is 1.17 bits per heavy atom. The van der Waals surface area contributed by atoms with Crippen LogP contribution in [-0.4, -0.2) is 23.0 Å². The zero-order valence-electron chi connectivity index (χ0n) is 12.2. The van der Waals surface area contributed by atoms with Crippen molar-refractivity contribution in [3.8, 4) is 0 Å². The lowest BCUT2D eigenvalue weighted by molar-refractivity contribution is -0.149. The van der Waals surface area contributed by atoms with E-state index < -0.39 is 11.4 Å². The van der Waals surface area contributed by atoms with Crippen molar-refractivity contribution in [1.82, 2.24) is 5.32 Å². The highest BCUT2D eigenvalue weighted by Crippen LogP contribution is 2.20. The minimum atomic E-state index is -0.998. The molecular formula is C14H27NO3. The van der Waals surface area contributed by atoms with E-state index in [1.807, 2.05) is 6.92 Å². The second kappa shape index (κ2) is 7.39. The van der Waals surface area contributed by atoms with E-state index >= 15 is 0 Å². The Balaban J connectivity index is 3.98. The molecule has 0 saturated carbocycles. The predicted octanol–water partition coefficient (Wildman–Crippen LogP) is 2.82. The quantitative estimate of drug-likeness (QED) is 0.702. The van der Waals surface area contributed by atoms with Crippen LogP contribution < -0.4 is 5.32 Å². The second-order valence-corrected chi connectivity index (χ2v) is 6.16. The van der Waals surface area contributed by atoms with Crippen LogP contribution in [0.1, 0.15) is 60.3 Å². The average molecular weight is 257 g/mol. The molecule has 1 amide bonds. The first-order chi connectivity index (χ1) is 8.15. The summed E-state index contributed by atoms with van der Waals surface area (Å²) in [6.07, 6.45) is 3.20. The van der Waals surface area contributed by atoms with Crippen molar-refractivity contribution in [3.63, 3.8) is 0 Å². The van der Waals surface area contributed by atoms with Gasteiger partial charge in [0.2, 0.25) is 5.91 Å². The average Bonchev–Trinajstić information content (AvgIpc) is 2.14. The van der Waals surface area contributed by atoms with Crippen molar-refractivity contribution >= 4 is 11.9 Å². The normalized spacial score (nSPS) is 13.4. The maximum absolute atomic E-state index is 11.7. The van der Waals surface area contributed by atoms with Crippen LogP contribution in [0.2, 0.25) is 0 Å². The number of nitrogens with one attached hydrogen (secondary N) is 1. The monoisotopic (exact) mass is 257 g/mol. The fourth-order valence-corrected chi connectivity index (χ4v) is 1.71. The molecule has 0 heterocycles. The fourth-order valence-electron chi connectivity index (χ4n) is 1.71. The molecule has 18 heavy (non-hydrogen) atoms. The van der Waals surface area contributed by atoms with Gasteiger partial charge in [-0.3, -0.25) is 9.59 Å². The number of carboxylic acids is 1. The second-order valence-electron chi connectivity index (χ2n) is 6.16. The lowest BCUT2D eigenvalue weighted by Crippen LogP contribution is -2.37. The van der Waals surface area contributed by atoms with Gasteiger partial charge in [-0.15, -0.1) is 0 Å². The maximum Gasteiger partial charge on any atom is 0.309 e. The standard InChI is InChI=1S/C14H27NO3/c1-10(2)7-6-8-11(3)15-12(16)9-14(4,5)13(17)18/h10-11H,6-9H2,1-5H3,(H,15,16)(H,17,18). The van der Waals surface area contributed by atoms with Gasteiger partial charge >= 0.3 is 5.97 Å².